The molecule has 2 nitrogen and oxygen atoms in total. The molecule has 1 atom stereocenters. The zero-order valence-corrected chi connectivity index (χ0v) is 10.7. The van der Waals surface area contributed by atoms with Crippen LogP contribution in [0.2, 0.25) is 0 Å². The van der Waals surface area contributed by atoms with Crippen LogP contribution in [0.4, 0.5) is 0 Å². The Balaban J connectivity index is 2.50. The van der Waals surface area contributed by atoms with Gasteiger partial charge in [-0.15, -0.1) is 0 Å². The van der Waals surface area contributed by atoms with E-state index in [1.165, 1.54) is 0 Å². The molecule has 72 valence electrons. The average molecular weight is 308 g/mol. The molecule has 1 aromatic heterocycles. The average Bonchev–Trinajstić information content (AvgIpc) is 2.18. The molecule has 0 spiro atoms. The lowest BCUT2D eigenvalue weighted by Gasteiger charge is -2.19. The molecule has 0 saturated carbocycles. The van der Waals surface area contributed by atoms with Gasteiger partial charge in [0.25, 0.3) is 0 Å². The van der Waals surface area contributed by atoms with Gasteiger partial charge in [-0.25, -0.2) is 4.31 Å². The van der Waals surface area contributed by atoms with E-state index in [0.29, 0.717) is 6.04 Å². The number of likely N-dealkylation sites (N-methyl/N-ethyl adjacent to an activating group) is 1. The summed E-state index contributed by atoms with van der Waals surface area (Å²) in [6, 6.07) is 6.58. The predicted molar refractivity (Wildman–Crippen MR) is 66.8 cm³/mol. The van der Waals surface area contributed by atoms with Gasteiger partial charge in [-0.2, -0.15) is 0 Å². The number of rotatable bonds is 4. The normalized spacial score (nSPS) is 13.2. The molecule has 4 heteroatoms. The maximum absolute atomic E-state index is 4.30. The van der Waals surface area contributed by atoms with Crippen molar-refractivity contribution in [2.45, 2.75) is 19.4 Å². The Bertz CT molecular complexity index is 243. The van der Waals surface area contributed by atoms with Gasteiger partial charge in [0.2, 0.25) is 0 Å². The van der Waals surface area contributed by atoms with Crippen LogP contribution < -0.4 is 0 Å². The van der Waals surface area contributed by atoms with Crippen LogP contribution >= 0.6 is 30.3 Å². The molecule has 1 unspecified atom stereocenters. The Kier molecular flexibility index (Phi) is 5.05. The summed E-state index contributed by atoms with van der Waals surface area (Å²) >= 11 is 2.29. The highest BCUT2D eigenvalue weighted by Gasteiger charge is 2.09. The number of pyridine rings is 1. The first-order valence-electron chi connectivity index (χ1n) is 4.15. The lowest BCUT2D eigenvalue weighted by Crippen LogP contribution is -2.23. The first-order valence-corrected chi connectivity index (χ1v) is 7.47. The minimum absolute atomic E-state index is 0.525. The lowest BCUT2D eigenvalue weighted by atomic mass is 10.2. The fourth-order valence-electron chi connectivity index (χ4n) is 1.02. The molecule has 1 heterocycles. The van der Waals surface area contributed by atoms with Crippen LogP contribution in [-0.4, -0.2) is 22.4 Å². The summed E-state index contributed by atoms with van der Waals surface area (Å²) in [6.45, 7) is 2.21. The van der Waals surface area contributed by atoms with E-state index in [1.807, 2.05) is 18.3 Å². The Morgan fingerprint density at radius 1 is 1.62 bits per heavy atom. The SMILES string of the molecule is CC(Cc1ccccn1)N(C)SI. The molecule has 0 aliphatic rings. The third-order valence-corrected chi connectivity index (χ3v) is 4.40. The molecule has 0 saturated heterocycles. The van der Waals surface area contributed by atoms with Crippen molar-refractivity contribution < 1.29 is 0 Å². The van der Waals surface area contributed by atoms with E-state index in [-0.39, 0.29) is 0 Å². The summed E-state index contributed by atoms with van der Waals surface area (Å²) in [5.74, 6) is 0. The van der Waals surface area contributed by atoms with E-state index < -0.39 is 0 Å². The lowest BCUT2D eigenvalue weighted by molar-refractivity contribution is 0.435. The largest absolute Gasteiger partial charge is 0.261 e. The van der Waals surface area contributed by atoms with Crippen molar-refractivity contribution in [3.63, 3.8) is 0 Å². The second kappa shape index (κ2) is 5.82. The second-order valence-electron chi connectivity index (χ2n) is 2.99. The summed E-state index contributed by atoms with van der Waals surface area (Å²) in [5, 5.41) is 0. The molecule has 0 aromatic carbocycles. The first kappa shape index (κ1) is 11.3. The molecular formula is C9H13IN2S. The fraction of sp³-hybridized carbons (Fsp3) is 0.444. The van der Waals surface area contributed by atoms with Gasteiger partial charge in [0.05, 0.1) is 0 Å². The van der Waals surface area contributed by atoms with E-state index in [9.17, 15) is 0 Å². The Morgan fingerprint density at radius 2 is 2.38 bits per heavy atom. The summed E-state index contributed by atoms with van der Waals surface area (Å²) in [5.41, 5.74) is 1.16. The Hall–Kier alpha value is 0.190. The molecule has 1 rings (SSSR count). The molecule has 0 amide bonds. The van der Waals surface area contributed by atoms with Crippen LogP contribution in [0, 0.1) is 0 Å². The monoisotopic (exact) mass is 308 g/mol. The van der Waals surface area contributed by atoms with Crippen LogP contribution in [0.25, 0.3) is 0 Å². The number of aromatic nitrogens is 1. The molecule has 13 heavy (non-hydrogen) atoms. The highest BCUT2D eigenvalue weighted by atomic mass is 127. The van der Waals surface area contributed by atoms with Crippen molar-refractivity contribution >= 4 is 30.3 Å². The molecule has 0 aliphatic carbocycles. The zero-order valence-electron chi connectivity index (χ0n) is 7.77. The Morgan fingerprint density at radius 3 is 2.92 bits per heavy atom. The van der Waals surface area contributed by atoms with Crippen LogP contribution in [0.5, 0.6) is 0 Å². The van der Waals surface area contributed by atoms with E-state index >= 15 is 0 Å². The minimum Gasteiger partial charge on any atom is -0.261 e. The van der Waals surface area contributed by atoms with Crippen LogP contribution in [-0.2, 0) is 6.42 Å². The van der Waals surface area contributed by atoms with Crippen molar-refractivity contribution in [2.24, 2.45) is 0 Å². The smallest absolute Gasteiger partial charge is 0.0419 e. The first-order chi connectivity index (χ1) is 6.24. The molecular weight excluding hydrogens is 295 g/mol. The quantitative estimate of drug-likeness (QED) is 0.628. The van der Waals surface area contributed by atoms with Crippen LogP contribution in [0.1, 0.15) is 12.6 Å². The highest BCUT2D eigenvalue weighted by molar-refractivity contribution is 14.2. The van der Waals surface area contributed by atoms with E-state index in [0.717, 1.165) is 12.1 Å². The van der Waals surface area contributed by atoms with Crippen LogP contribution in [0.15, 0.2) is 24.4 Å². The standard InChI is InChI=1S/C9H13IN2S/c1-8(12(2)13-10)7-9-5-3-4-6-11-9/h3-6,8H,7H2,1-2H3. The molecule has 0 bridgehead atoms. The van der Waals surface area contributed by atoms with Crippen molar-refractivity contribution in [2.75, 3.05) is 7.05 Å². The third-order valence-electron chi connectivity index (χ3n) is 1.96. The summed E-state index contributed by atoms with van der Waals surface area (Å²) in [6.07, 6.45) is 2.85. The van der Waals surface area contributed by atoms with E-state index in [1.54, 1.807) is 9.12 Å². The van der Waals surface area contributed by atoms with Crippen LogP contribution in [0.3, 0.4) is 0 Å². The predicted octanol–water partition coefficient (Wildman–Crippen LogP) is 2.94. The molecule has 0 aliphatic heterocycles. The summed E-state index contributed by atoms with van der Waals surface area (Å²) in [7, 11) is 3.83. The van der Waals surface area contributed by atoms with Gasteiger partial charge in [-0.3, -0.25) is 4.98 Å². The van der Waals surface area contributed by atoms with Gasteiger partial charge >= 0.3 is 0 Å². The van der Waals surface area contributed by atoms with E-state index in [2.05, 4.69) is 50.5 Å². The van der Waals surface area contributed by atoms with Gasteiger partial charge in [0.15, 0.2) is 0 Å². The maximum Gasteiger partial charge on any atom is 0.0419 e. The molecule has 0 radical (unpaired) electrons. The summed E-state index contributed by atoms with van der Waals surface area (Å²) < 4.78 is 2.23. The Labute approximate surface area is 95.8 Å². The summed E-state index contributed by atoms with van der Waals surface area (Å²) in [4.78, 5) is 4.30. The minimum atomic E-state index is 0.525. The van der Waals surface area contributed by atoms with Crippen molar-refractivity contribution in [3.05, 3.63) is 30.1 Å². The molecule has 0 N–H and O–H groups in total. The van der Waals surface area contributed by atoms with Gasteiger partial charge in [0, 0.05) is 45.6 Å². The van der Waals surface area contributed by atoms with Gasteiger partial charge in [-0.1, -0.05) is 6.07 Å². The number of nitrogens with zero attached hydrogens (tertiary/aromatic N) is 2. The maximum atomic E-state index is 4.30. The van der Waals surface area contributed by atoms with Crippen molar-refractivity contribution in [1.82, 2.24) is 9.29 Å². The topological polar surface area (TPSA) is 16.1 Å². The van der Waals surface area contributed by atoms with Crippen molar-refractivity contribution in [3.8, 4) is 0 Å². The van der Waals surface area contributed by atoms with Crippen molar-refractivity contribution in [1.29, 1.82) is 0 Å². The van der Waals surface area contributed by atoms with Gasteiger partial charge in [0.1, 0.15) is 0 Å². The number of hydrogen-bond donors (Lipinski definition) is 0. The molecule has 1 aromatic rings. The second-order valence-corrected chi connectivity index (χ2v) is 4.89. The third kappa shape index (κ3) is 3.83. The zero-order chi connectivity index (χ0) is 9.68. The molecule has 0 fully saturated rings. The number of halogens is 1. The fourth-order valence-corrected chi connectivity index (χ4v) is 2.39. The number of hydrogen-bond acceptors (Lipinski definition) is 3. The van der Waals surface area contributed by atoms with E-state index in [4.69, 9.17) is 0 Å². The highest BCUT2D eigenvalue weighted by Crippen LogP contribution is 2.20. The van der Waals surface area contributed by atoms with Gasteiger partial charge in [-0.05, 0) is 35.2 Å². The van der Waals surface area contributed by atoms with Gasteiger partial charge < -0.3 is 0 Å².